The van der Waals surface area contributed by atoms with Crippen LogP contribution < -0.4 is 5.32 Å². The Morgan fingerprint density at radius 3 is 2.60 bits per heavy atom. The molecule has 0 aliphatic rings. The van der Waals surface area contributed by atoms with Crippen molar-refractivity contribution in [2.24, 2.45) is 0 Å². The number of nitrogens with zero attached hydrogens (tertiary/aromatic N) is 1. The molecule has 0 fully saturated rings. The minimum Gasteiger partial charge on any atom is -0.307 e. The first-order valence-electron chi connectivity index (χ1n) is 7.49. The molecule has 0 spiro atoms. The lowest BCUT2D eigenvalue weighted by atomic mass is 9.96. The average Bonchev–Trinajstić information content (AvgIpc) is 2.45. The molecule has 1 N–H and O–H groups in total. The Balaban J connectivity index is 2.35. The van der Waals surface area contributed by atoms with Gasteiger partial charge in [0.1, 0.15) is 0 Å². The van der Waals surface area contributed by atoms with Gasteiger partial charge in [-0.3, -0.25) is 4.98 Å². The van der Waals surface area contributed by atoms with Gasteiger partial charge in [0.15, 0.2) is 0 Å². The molecule has 2 nitrogen and oxygen atoms in total. The highest BCUT2D eigenvalue weighted by Crippen LogP contribution is 2.23. The monoisotopic (exact) mass is 268 g/mol. The molecule has 1 heterocycles. The summed E-state index contributed by atoms with van der Waals surface area (Å²) in [6.45, 7) is 7.36. The van der Waals surface area contributed by atoms with Crippen molar-refractivity contribution in [3.63, 3.8) is 0 Å². The van der Waals surface area contributed by atoms with Gasteiger partial charge in [0.2, 0.25) is 0 Å². The Bertz CT molecular complexity index is 549. The van der Waals surface area contributed by atoms with Crippen molar-refractivity contribution in [2.45, 2.75) is 39.7 Å². The van der Waals surface area contributed by atoms with Crippen molar-refractivity contribution in [1.29, 1.82) is 0 Å². The fourth-order valence-electron chi connectivity index (χ4n) is 2.60. The van der Waals surface area contributed by atoms with E-state index in [2.05, 4.69) is 60.5 Å². The van der Waals surface area contributed by atoms with Gasteiger partial charge in [0.25, 0.3) is 0 Å². The zero-order valence-corrected chi connectivity index (χ0v) is 12.7. The molecule has 0 amide bonds. The van der Waals surface area contributed by atoms with E-state index in [9.17, 15) is 0 Å². The lowest BCUT2D eigenvalue weighted by Crippen LogP contribution is -2.22. The van der Waals surface area contributed by atoms with E-state index in [1.165, 1.54) is 23.1 Å². The van der Waals surface area contributed by atoms with Gasteiger partial charge in [0.05, 0.1) is 6.04 Å². The van der Waals surface area contributed by atoms with E-state index >= 15 is 0 Å². The van der Waals surface area contributed by atoms with Crippen molar-refractivity contribution in [3.8, 4) is 0 Å². The van der Waals surface area contributed by atoms with Gasteiger partial charge in [-0.05, 0) is 48.7 Å². The van der Waals surface area contributed by atoms with Crippen LogP contribution in [0.3, 0.4) is 0 Å². The molecule has 0 saturated heterocycles. The van der Waals surface area contributed by atoms with Gasteiger partial charge in [-0.1, -0.05) is 44.5 Å². The number of nitrogens with one attached hydrogen (secondary N) is 1. The first-order chi connectivity index (χ1) is 9.74. The zero-order valence-electron chi connectivity index (χ0n) is 12.7. The highest BCUT2D eigenvalue weighted by atomic mass is 14.9. The second-order valence-electron chi connectivity index (χ2n) is 5.22. The van der Waals surface area contributed by atoms with Crippen LogP contribution in [0.1, 0.15) is 48.7 Å². The minimum absolute atomic E-state index is 0.249. The number of benzene rings is 1. The van der Waals surface area contributed by atoms with Crippen molar-refractivity contribution >= 4 is 0 Å². The molecule has 1 aromatic heterocycles. The van der Waals surface area contributed by atoms with Gasteiger partial charge < -0.3 is 5.32 Å². The van der Waals surface area contributed by atoms with E-state index in [0.29, 0.717) is 0 Å². The largest absolute Gasteiger partial charge is 0.307 e. The Kier molecular flexibility index (Phi) is 5.31. The van der Waals surface area contributed by atoms with Crippen LogP contribution in [0.15, 0.2) is 42.6 Å². The molecule has 106 valence electrons. The van der Waals surface area contributed by atoms with Crippen LogP contribution in [0.2, 0.25) is 0 Å². The zero-order chi connectivity index (χ0) is 14.4. The maximum absolute atomic E-state index is 4.30. The van der Waals surface area contributed by atoms with Crippen molar-refractivity contribution in [2.75, 3.05) is 6.54 Å². The maximum atomic E-state index is 4.30. The van der Waals surface area contributed by atoms with Gasteiger partial charge >= 0.3 is 0 Å². The molecule has 0 aliphatic heterocycles. The molecule has 0 aliphatic carbocycles. The smallest absolute Gasteiger partial charge is 0.0577 e. The van der Waals surface area contributed by atoms with Crippen molar-refractivity contribution < 1.29 is 0 Å². The summed E-state index contributed by atoms with van der Waals surface area (Å²) in [6, 6.07) is 13.4. The molecule has 1 atom stereocenters. The average molecular weight is 268 g/mol. The number of hydrogen-bond donors (Lipinski definition) is 1. The SMILES string of the molecule is CCCc1cccc(C(NCC)c2ccnc(C)c2)c1. The van der Waals surface area contributed by atoms with Crippen LogP contribution in [-0.4, -0.2) is 11.5 Å². The van der Waals surface area contributed by atoms with Crippen LogP contribution in [0.4, 0.5) is 0 Å². The molecule has 0 bridgehead atoms. The number of rotatable bonds is 6. The summed E-state index contributed by atoms with van der Waals surface area (Å²) >= 11 is 0. The molecule has 2 heteroatoms. The van der Waals surface area contributed by atoms with E-state index in [1.807, 2.05) is 13.1 Å². The standard InChI is InChI=1S/C18H24N2/c1-4-7-15-8-6-9-16(13-15)18(19-5-2)17-10-11-20-14(3)12-17/h6,8-13,18-19H,4-5,7H2,1-3H3. The van der Waals surface area contributed by atoms with Crippen molar-refractivity contribution in [1.82, 2.24) is 10.3 Å². The third kappa shape index (κ3) is 3.67. The Morgan fingerprint density at radius 1 is 1.10 bits per heavy atom. The molecule has 2 aromatic rings. The highest BCUT2D eigenvalue weighted by Gasteiger charge is 2.13. The second kappa shape index (κ2) is 7.20. The predicted octanol–water partition coefficient (Wildman–Crippen LogP) is 4.04. The van der Waals surface area contributed by atoms with Crippen LogP contribution >= 0.6 is 0 Å². The lowest BCUT2D eigenvalue weighted by molar-refractivity contribution is 0.628. The van der Waals surface area contributed by atoms with Gasteiger partial charge in [-0.2, -0.15) is 0 Å². The van der Waals surface area contributed by atoms with Gasteiger partial charge in [-0.15, -0.1) is 0 Å². The predicted molar refractivity (Wildman–Crippen MR) is 84.9 cm³/mol. The summed E-state index contributed by atoms with van der Waals surface area (Å²) in [7, 11) is 0. The summed E-state index contributed by atoms with van der Waals surface area (Å²) in [5, 5.41) is 3.58. The molecule has 20 heavy (non-hydrogen) atoms. The van der Waals surface area contributed by atoms with E-state index in [-0.39, 0.29) is 6.04 Å². The number of hydrogen-bond acceptors (Lipinski definition) is 2. The highest BCUT2D eigenvalue weighted by molar-refractivity contribution is 5.34. The molecule has 1 aromatic carbocycles. The van der Waals surface area contributed by atoms with E-state index in [0.717, 1.165) is 18.7 Å². The fraction of sp³-hybridized carbons (Fsp3) is 0.389. The van der Waals surface area contributed by atoms with Crippen LogP contribution in [0.5, 0.6) is 0 Å². The molecule has 2 rings (SSSR count). The molecular weight excluding hydrogens is 244 g/mol. The third-order valence-electron chi connectivity index (χ3n) is 3.49. The summed E-state index contributed by atoms with van der Waals surface area (Å²) in [5.41, 5.74) is 5.10. The quantitative estimate of drug-likeness (QED) is 0.855. The van der Waals surface area contributed by atoms with Crippen LogP contribution in [0, 0.1) is 6.92 Å². The van der Waals surface area contributed by atoms with E-state index in [1.54, 1.807) is 0 Å². The van der Waals surface area contributed by atoms with Gasteiger partial charge in [0, 0.05) is 11.9 Å². The van der Waals surface area contributed by atoms with E-state index < -0.39 is 0 Å². The molecule has 0 saturated carbocycles. The maximum Gasteiger partial charge on any atom is 0.0577 e. The molecule has 0 radical (unpaired) electrons. The Morgan fingerprint density at radius 2 is 1.90 bits per heavy atom. The minimum atomic E-state index is 0.249. The number of aromatic nitrogens is 1. The first-order valence-corrected chi connectivity index (χ1v) is 7.49. The number of aryl methyl sites for hydroxylation is 2. The normalized spacial score (nSPS) is 12.3. The Labute approximate surface area is 122 Å². The summed E-state index contributed by atoms with van der Waals surface area (Å²) in [5.74, 6) is 0. The molecular formula is C18H24N2. The summed E-state index contributed by atoms with van der Waals surface area (Å²) < 4.78 is 0. The van der Waals surface area contributed by atoms with Crippen molar-refractivity contribution in [3.05, 3.63) is 65.0 Å². The topological polar surface area (TPSA) is 24.9 Å². The van der Waals surface area contributed by atoms with Crippen LogP contribution in [0.25, 0.3) is 0 Å². The number of pyridine rings is 1. The third-order valence-corrected chi connectivity index (χ3v) is 3.49. The molecule has 1 unspecified atom stereocenters. The summed E-state index contributed by atoms with van der Waals surface area (Å²) in [6.07, 6.45) is 4.22. The van der Waals surface area contributed by atoms with Gasteiger partial charge in [-0.25, -0.2) is 0 Å². The lowest BCUT2D eigenvalue weighted by Gasteiger charge is -2.20. The first kappa shape index (κ1) is 14.7. The fourth-order valence-corrected chi connectivity index (χ4v) is 2.60. The Hall–Kier alpha value is -1.67. The summed E-state index contributed by atoms with van der Waals surface area (Å²) in [4.78, 5) is 4.30. The van der Waals surface area contributed by atoms with E-state index in [4.69, 9.17) is 0 Å². The second-order valence-corrected chi connectivity index (χ2v) is 5.22. The van der Waals surface area contributed by atoms with Crippen LogP contribution in [-0.2, 0) is 6.42 Å².